The summed E-state index contributed by atoms with van der Waals surface area (Å²) in [7, 11) is 0. The van der Waals surface area contributed by atoms with E-state index in [-0.39, 0.29) is 0 Å². The maximum atomic E-state index is 6.11. The number of imidazole rings is 1. The molecule has 5 rings (SSSR count). The van der Waals surface area contributed by atoms with E-state index in [1.165, 1.54) is 3.57 Å². The van der Waals surface area contributed by atoms with Crippen molar-refractivity contribution in [3.63, 3.8) is 0 Å². The minimum absolute atomic E-state index is 0.341. The minimum atomic E-state index is 0.341. The van der Waals surface area contributed by atoms with Crippen molar-refractivity contribution in [2.24, 2.45) is 0 Å². The fourth-order valence-electron chi connectivity index (χ4n) is 4.23. The number of aryl methyl sites for hydroxylation is 2. The third-order valence-electron chi connectivity index (χ3n) is 6.03. The van der Waals surface area contributed by atoms with Crippen LogP contribution in [-0.4, -0.2) is 32.6 Å². The molecule has 1 aliphatic rings. The number of benzene rings is 2. The SMILES string of the molecule is Cc1ccc(C)c(Oc2nccc(-c3c(-c4ccc(I)cc4)ncn3C3CCNCC3)n2)c1. The number of aromatic nitrogens is 4. The van der Waals surface area contributed by atoms with Crippen LogP contribution in [0.3, 0.4) is 0 Å². The molecular formula is C26H26IN5O. The van der Waals surface area contributed by atoms with Crippen molar-refractivity contribution >= 4 is 22.6 Å². The summed E-state index contributed by atoms with van der Waals surface area (Å²) in [4.78, 5) is 14.1. The van der Waals surface area contributed by atoms with Crippen molar-refractivity contribution in [2.75, 3.05) is 13.1 Å². The maximum absolute atomic E-state index is 6.11. The van der Waals surface area contributed by atoms with Gasteiger partial charge in [-0.3, -0.25) is 0 Å². The lowest BCUT2D eigenvalue weighted by Gasteiger charge is -2.25. The van der Waals surface area contributed by atoms with Crippen LogP contribution < -0.4 is 10.1 Å². The summed E-state index contributed by atoms with van der Waals surface area (Å²) in [5.74, 6) is 0.775. The molecule has 1 saturated heterocycles. The van der Waals surface area contributed by atoms with Crippen molar-refractivity contribution in [1.29, 1.82) is 0 Å². The zero-order valence-electron chi connectivity index (χ0n) is 18.8. The Kier molecular flexibility index (Phi) is 6.41. The summed E-state index contributed by atoms with van der Waals surface area (Å²) in [5.41, 5.74) is 6.02. The first-order valence-corrected chi connectivity index (χ1v) is 12.3. The third kappa shape index (κ3) is 4.79. The number of rotatable bonds is 5. The van der Waals surface area contributed by atoms with Gasteiger partial charge in [-0.25, -0.2) is 9.97 Å². The van der Waals surface area contributed by atoms with Gasteiger partial charge in [-0.1, -0.05) is 24.3 Å². The Balaban J connectivity index is 1.58. The first kappa shape index (κ1) is 22.0. The Bertz CT molecular complexity index is 1260. The van der Waals surface area contributed by atoms with Gasteiger partial charge in [0, 0.05) is 21.4 Å². The smallest absolute Gasteiger partial charge is 0.322 e. The summed E-state index contributed by atoms with van der Waals surface area (Å²) in [6, 6.07) is 17.3. The van der Waals surface area contributed by atoms with Gasteiger partial charge in [0.05, 0.1) is 23.4 Å². The van der Waals surface area contributed by atoms with Gasteiger partial charge in [0.1, 0.15) is 5.75 Å². The van der Waals surface area contributed by atoms with Gasteiger partial charge in [0.25, 0.3) is 0 Å². The van der Waals surface area contributed by atoms with Gasteiger partial charge in [0.15, 0.2) is 0 Å². The number of nitrogens with one attached hydrogen (secondary N) is 1. The number of ether oxygens (including phenoxy) is 1. The molecule has 0 bridgehead atoms. The molecule has 0 spiro atoms. The summed E-state index contributed by atoms with van der Waals surface area (Å²) >= 11 is 2.33. The predicted octanol–water partition coefficient (Wildman–Crippen LogP) is 5.95. The fourth-order valence-corrected chi connectivity index (χ4v) is 4.59. The molecule has 168 valence electrons. The monoisotopic (exact) mass is 551 g/mol. The first-order chi connectivity index (χ1) is 16.1. The number of nitrogens with zero attached hydrogens (tertiary/aromatic N) is 4. The lowest BCUT2D eigenvalue weighted by molar-refractivity contribution is 0.370. The van der Waals surface area contributed by atoms with Crippen LogP contribution >= 0.6 is 22.6 Å². The van der Waals surface area contributed by atoms with Crippen LogP contribution in [0.1, 0.15) is 30.0 Å². The van der Waals surface area contributed by atoms with Crippen LogP contribution in [-0.2, 0) is 0 Å². The van der Waals surface area contributed by atoms with E-state index in [0.29, 0.717) is 12.1 Å². The lowest BCUT2D eigenvalue weighted by Crippen LogP contribution is -2.29. The van der Waals surface area contributed by atoms with E-state index in [0.717, 1.165) is 65.5 Å². The highest BCUT2D eigenvalue weighted by atomic mass is 127. The van der Waals surface area contributed by atoms with E-state index in [4.69, 9.17) is 14.7 Å². The fraction of sp³-hybridized carbons (Fsp3) is 0.269. The molecule has 4 aromatic rings. The number of halogens is 1. The van der Waals surface area contributed by atoms with Gasteiger partial charge < -0.3 is 14.6 Å². The Morgan fingerprint density at radius 2 is 1.79 bits per heavy atom. The summed E-state index contributed by atoms with van der Waals surface area (Å²) in [6.45, 7) is 6.09. The Hall–Kier alpha value is -2.78. The predicted molar refractivity (Wildman–Crippen MR) is 139 cm³/mol. The zero-order chi connectivity index (χ0) is 22.8. The van der Waals surface area contributed by atoms with Crippen LogP contribution in [0.5, 0.6) is 11.8 Å². The van der Waals surface area contributed by atoms with E-state index < -0.39 is 0 Å². The molecule has 0 amide bonds. The van der Waals surface area contributed by atoms with Gasteiger partial charge in [-0.2, -0.15) is 4.98 Å². The highest BCUT2D eigenvalue weighted by Crippen LogP contribution is 2.35. The van der Waals surface area contributed by atoms with Crippen LogP contribution in [0.4, 0.5) is 0 Å². The molecule has 1 N–H and O–H groups in total. The topological polar surface area (TPSA) is 64.9 Å². The van der Waals surface area contributed by atoms with Crippen LogP contribution in [0.15, 0.2) is 61.1 Å². The van der Waals surface area contributed by atoms with Crippen molar-refractivity contribution in [1.82, 2.24) is 24.8 Å². The molecule has 0 aliphatic carbocycles. The summed E-state index contributed by atoms with van der Waals surface area (Å²) < 4.78 is 9.60. The Morgan fingerprint density at radius 3 is 2.58 bits per heavy atom. The van der Waals surface area contributed by atoms with E-state index in [1.54, 1.807) is 6.20 Å². The molecule has 3 heterocycles. The standard InChI is InChI=1S/C26H26IN5O/c1-17-3-4-18(2)23(15-17)33-26-29-14-11-22(31-26)25-24(19-5-7-20(27)8-6-19)30-16-32(25)21-9-12-28-13-10-21/h3-8,11,14-16,21,28H,9-10,12-13H2,1-2H3. The molecule has 1 aliphatic heterocycles. The van der Waals surface area contributed by atoms with Gasteiger partial charge >= 0.3 is 6.01 Å². The van der Waals surface area contributed by atoms with Crippen LogP contribution in [0.2, 0.25) is 0 Å². The second-order valence-corrected chi connectivity index (χ2v) is 9.68. The number of hydrogen-bond acceptors (Lipinski definition) is 5. The molecule has 0 saturated carbocycles. The highest BCUT2D eigenvalue weighted by Gasteiger charge is 2.23. The van der Waals surface area contributed by atoms with Crippen molar-refractivity contribution in [2.45, 2.75) is 32.7 Å². The van der Waals surface area contributed by atoms with Crippen LogP contribution in [0.25, 0.3) is 22.6 Å². The number of piperidine rings is 1. The molecule has 0 radical (unpaired) electrons. The maximum Gasteiger partial charge on any atom is 0.322 e. The molecule has 0 atom stereocenters. The number of hydrogen-bond donors (Lipinski definition) is 1. The van der Waals surface area contributed by atoms with E-state index in [2.05, 4.69) is 80.8 Å². The lowest BCUT2D eigenvalue weighted by atomic mass is 10.0. The largest absolute Gasteiger partial charge is 0.424 e. The van der Waals surface area contributed by atoms with Crippen LogP contribution in [0, 0.1) is 17.4 Å². The second kappa shape index (κ2) is 9.61. The van der Waals surface area contributed by atoms with Gasteiger partial charge in [0.2, 0.25) is 0 Å². The average Bonchev–Trinajstić information content (AvgIpc) is 3.28. The second-order valence-electron chi connectivity index (χ2n) is 8.43. The Morgan fingerprint density at radius 1 is 1.00 bits per heavy atom. The normalized spacial score (nSPS) is 14.4. The molecule has 2 aromatic heterocycles. The van der Waals surface area contributed by atoms with E-state index >= 15 is 0 Å². The first-order valence-electron chi connectivity index (χ1n) is 11.2. The average molecular weight is 551 g/mol. The molecule has 33 heavy (non-hydrogen) atoms. The Labute approximate surface area is 207 Å². The van der Waals surface area contributed by atoms with Gasteiger partial charge in [-0.15, -0.1) is 0 Å². The van der Waals surface area contributed by atoms with Crippen molar-refractivity contribution < 1.29 is 4.74 Å². The van der Waals surface area contributed by atoms with Crippen molar-refractivity contribution in [3.05, 3.63) is 75.8 Å². The minimum Gasteiger partial charge on any atom is -0.424 e. The van der Waals surface area contributed by atoms with E-state index in [9.17, 15) is 0 Å². The third-order valence-corrected chi connectivity index (χ3v) is 6.75. The summed E-state index contributed by atoms with van der Waals surface area (Å²) in [6.07, 6.45) is 5.85. The molecular weight excluding hydrogens is 525 g/mol. The molecule has 1 fully saturated rings. The van der Waals surface area contributed by atoms with E-state index in [1.807, 2.05) is 25.4 Å². The molecule has 2 aromatic carbocycles. The zero-order valence-corrected chi connectivity index (χ0v) is 20.9. The molecule has 0 unspecified atom stereocenters. The molecule has 7 heteroatoms. The van der Waals surface area contributed by atoms with Crippen molar-refractivity contribution in [3.8, 4) is 34.4 Å². The molecule has 6 nitrogen and oxygen atoms in total. The van der Waals surface area contributed by atoms with Gasteiger partial charge in [-0.05, 0) is 97.8 Å². The summed E-state index contributed by atoms with van der Waals surface area (Å²) in [5, 5.41) is 3.45. The quantitative estimate of drug-likeness (QED) is 0.311. The highest BCUT2D eigenvalue weighted by molar-refractivity contribution is 14.1.